The summed E-state index contributed by atoms with van der Waals surface area (Å²) in [6, 6.07) is 0. The summed E-state index contributed by atoms with van der Waals surface area (Å²) in [5.74, 6) is 0.0980. The van der Waals surface area contributed by atoms with E-state index in [1.54, 1.807) is 6.20 Å². The van der Waals surface area contributed by atoms with Gasteiger partial charge in [-0.1, -0.05) is 0 Å². The monoisotopic (exact) mass is 284 g/mol. The lowest BCUT2D eigenvalue weighted by molar-refractivity contribution is -0.391. The average molecular weight is 284 g/mol. The van der Waals surface area contributed by atoms with Crippen molar-refractivity contribution >= 4 is 33.3 Å². The highest BCUT2D eigenvalue weighted by Gasteiger charge is 2.23. The number of thiazole rings is 1. The SMILES string of the molecule is Cc1cnc(C(=S=O)c2ncc([N+](=O)[O-])n2C)s1. The lowest BCUT2D eigenvalue weighted by atomic mass is 10.4. The Balaban J connectivity index is 2.54. The van der Waals surface area contributed by atoms with E-state index >= 15 is 0 Å². The minimum Gasteiger partial charge on any atom is -0.358 e. The molecule has 18 heavy (non-hydrogen) atoms. The van der Waals surface area contributed by atoms with E-state index in [1.165, 1.54) is 23.0 Å². The van der Waals surface area contributed by atoms with Crippen LogP contribution in [0.2, 0.25) is 0 Å². The fourth-order valence-electron chi connectivity index (χ4n) is 1.41. The Morgan fingerprint density at radius 3 is 2.67 bits per heavy atom. The van der Waals surface area contributed by atoms with Gasteiger partial charge in [-0.05, 0) is 11.8 Å². The normalized spacial score (nSPS) is 10.3. The number of imidazole rings is 1. The molecule has 0 radical (unpaired) electrons. The van der Waals surface area contributed by atoms with Gasteiger partial charge in [-0.2, -0.15) is 0 Å². The Hall–Kier alpha value is -1.87. The molecule has 0 aromatic carbocycles. The van der Waals surface area contributed by atoms with Gasteiger partial charge in [0, 0.05) is 11.1 Å². The van der Waals surface area contributed by atoms with Gasteiger partial charge in [-0.3, -0.25) is 0 Å². The Labute approximate surface area is 109 Å². The zero-order valence-electron chi connectivity index (χ0n) is 9.48. The van der Waals surface area contributed by atoms with Crippen LogP contribution in [0.3, 0.4) is 0 Å². The molecule has 0 aliphatic rings. The number of aromatic nitrogens is 3. The summed E-state index contributed by atoms with van der Waals surface area (Å²) >= 11 is 1.59. The largest absolute Gasteiger partial charge is 0.358 e. The van der Waals surface area contributed by atoms with E-state index < -0.39 is 4.92 Å². The first-order chi connectivity index (χ1) is 8.54. The van der Waals surface area contributed by atoms with Gasteiger partial charge in [-0.25, -0.2) is 18.7 Å². The Kier molecular flexibility index (Phi) is 3.34. The third-order valence-corrected chi connectivity index (χ3v) is 3.85. The van der Waals surface area contributed by atoms with Gasteiger partial charge in [0.15, 0.2) is 4.86 Å². The van der Waals surface area contributed by atoms with E-state index in [9.17, 15) is 14.3 Å². The first kappa shape index (κ1) is 12.6. The summed E-state index contributed by atoms with van der Waals surface area (Å²) in [7, 11) is 1.50. The molecule has 0 bridgehead atoms. The molecule has 0 N–H and O–H groups in total. The second-order valence-electron chi connectivity index (χ2n) is 3.44. The van der Waals surface area contributed by atoms with Crippen LogP contribution >= 0.6 is 11.3 Å². The van der Waals surface area contributed by atoms with Crippen molar-refractivity contribution in [3.8, 4) is 0 Å². The zero-order chi connectivity index (χ0) is 13.3. The summed E-state index contributed by atoms with van der Waals surface area (Å²) in [6.45, 7) is 1.87. The molecule has 94 valence electrons. The summed E-state index contributed by atoms with van der Waals surface area (Å²) < 4.78 is 12.5. The van der Waals surface area contributed by atoms with Crippen LogP contribution in [0.5, 0.6) is 0 Å². The summed E-state index contributed by atoms with van der Waals surface area (Å²) in [5.41, 5.74) is 0. The number of aryl methyl sites for hydroxylation is 1. The van der Waals surface area contributed by atoms with Crippen molar-refractivity contribution in [2.45, 2.75) is 6.92 Å². The topological polar surface area (TPSA) is 90.9 Å². The Morgan fingerprint density at radius 1 is 1.50 bits per heavy atom. The molecule has 0 unspecified atom stereocenters. The highest BCUT2D eigenvalue weighted by Crippen LogP contribution is 2.18. The first-order valence-corrected chi connectivity index (χ1v) is 6.36. The minimum absolute atomic E-state index is 0.162. The Bertz CT molecular complexity index is 669. The van der Waals surface area contributed by atoms with Crippen LogP contribution in [-0.4, -0.2) is 28.5 Å². The second kappa shape index (κ2) is 4.78. The molecule has 9 heteroatoms. The minimum atomic E-state index is -0.545. The lowest BCUT2D eigenvalue weighted by Crippen LogP contribution is -2.11. The molecule has 0 spiro atoms. The number of hydrogen-bond donors (Lipinski definition) is 0. The van der Waals surface area contributed by atoms with Crippen LogP contribution < -0.4 is 0 Å². The molecule has 0 saturated heterocycles. The molecule has 2 heterocycles. The quantitative estimate of drug-likeness (QED) is 0.361. The molecule has 0 atom stereocenters. The molecule has 0 aliphatic carbocycles. The molecule has 0 fully saturated rings. The summed E-state index contributed by atoms with van der Waals surface area (Å²) in [4.78, 5) is 19.5. The van der Waals surface area contributed by atoms with Crippen molar-refractivity contribution in [1.82, 2.24) is 14.5 Å². The molecule has 2 rings (SSSR count). The van der Waals surface area contributed by atoms with Crippen LogP contribution in [0.25, 0.3) is 0 Å². The predicted octanol–water partition coefficient (Wildman–Crippen LogP) is 0.875. The molecular formula is C9H8N4O3S2. The van der Waals surface area contributed by atoms with Crippen LogP contribution in [0.4, 0.5) is 5.82 Å². The van der Waals surface area contributed by atoms with Gasteiger partial charge < -0.3 is 10.1 Å². The summed E-state index contributed by atoms with van der Waals surface area (Å²) in [5, 5.41) is 11.2. The van der Waals surface area contributed by atoms with E-state index in [4.69, 9.17) is 0 Å². The van der Waals surface area contributed by atoms with Gasteiger partial charge in [-0.15, -0.1) is 11.3 Å². The maximum atomic E-state index is 11.2. The van der Waals surface area contributed by atoms with Crippen LogP contribution in [-0.2, 0) is 18.3 Å². The number of hydrogen-bond acceptors (Lipinski definition) is 6. The second-order valence-corrected chi connectivity index (χ2v) is 5.25. The smallest absolute Gasteiger partial charge is 0.342 e. The maximum absolute atomic E-state index is 11.2. The zero-order valence-corrected chi connectivity index (χ0v) is 11.1. The molecular weight excluding hydrogens is 276 g/mol. The number of nitro groups is 1. The highest BCUT2D eigenvalue weighted by molar-refractivity contribution is 7.68. The van der Waals surface area contributed by atoms with Crippen LogP contribution in [0, 0.1) is 17.0 Å². The maximum Gasteiger partial charge on any atom is 0.342 e. The van der Waals surface area contributed by atoms with Crippen molar-refractivity contribution in [2.24, 2.45) is 7.05 Å². The molecule has 7 nitrogen and oxygen atoms in total. The molecule has 0 aliphatic heterocycles. The van der Waals surface area contributed by atoms with Crippen molar-refractivity contribution in [1.29, 1.82) is 0 Å². The Morgan fingerprint density at radius 2 is 2.22 bits per heavy atom. The lowest BCUT2D eigenvalue weighted by Gasteiger charge is -1.97. The number of rotatable bonds is 3. The van der Waals surface area contributed by atoms with Crippen molar-refractivity contribution in [2.75, 3.05) is 0 Å². The van der Waals surface area contributed by atoms with E-state index in [2.05, 4.69) is 9.97 Å². The van der Waals surface area contributed by atoms with Crippen LogP contribution in [0.15, 0.2) is 12.4 Å². The fraction of sp³-hybridized carbons (Fsp3) is 0.222. The average Bonchev–Trinajstić information content (AvgIpc) is 2.88. The third-order valence-electron chi connectivity index (χ3n) is 2.25. The van der Waals surface area contributed by atoms with Crippen molar-refractivity contribution in [3.05, 3.63) is 38.2 Å². The first-order valence-electron chi connectivity index (χ1n) is 4.80. The van der Waals surface area contributed by atoms with Gasteiger partial charge in [0.05, 0.1) is 7.05 Å². The predicted molar refractivity (Wildman–Crippen MR) is 68.1 cm³/mol. The van der Waals surface area contributed by atoms with Crippen LogP contribution in [0.1, 0.15) is 15.7 Å². The number of nitrogens with zero attached hydrogens (tertiary/aromatic N) is 4. The van der Waals surface area contributed by atoms with Gasteiger partial charge in [0.1, 0.15) is 22.5 Å². The van der Waals surface area contributed by atoms with Gasteiger partial charge in [0.25, 0.3) is 0 Å². The fourth-order valence-corrected chi connectivity index (χ4v) is 2.72. The standard InChI is InChI=1S/C9H8N4O3S2/c1-5-3-11-9(17-5)7(18-16)8-10-4-6(12(8)2)13(14)15/h3-4H,1-2H3. The molecule has 0 amide bonds. The van der Waals surface area contributed by atoms with Gasteiger partial charge >= 0.3 is 5.82 Å². The molecule has 2 aromatic heterocycles. The molecule has 0 saturated carbocycles. The summed E-state index contributed by atoms with van der Waals surface area (Å²) in [6.07, 6.45) is 2.78. The van der Waals surface area contributed by atoms with E-state index in [-0.39, 0.29) is 22.9 Å². The van der Waals surface area contributed by atoms with E-state index in [0.29, 0.717) is 9.87 Å². The highest BCUT2D eigenvalue weighted by atomic mass is 32.1. The van der Waals surface area contributed by atoms with E-state index in [1.807, 2.05) is 6.92 Å². The van der Waals surface area contributed by atoms with Gasteiger partial charge in [0.2, 0.25) is 5.82 Å². The van der Waals surface area contributed by atoms with Crippen molar-refractivity contribution in [3.63, 3.8) is 0 Å². The molecule has 2 aromatic rings. The van der Waals surface area contributed by atoms with Crippen molar-refractivity contribution < 1.29 is 9.13 Å². The third kappa shape index (κ3) is 2.09. The van der Waals surface area contributed by atoms with E-state index in [0.717, 1.165) is 11.1 Å².